The molecule has 2 aromatic rings. The molecule has 0 radical (unpaired) electrons. The molecule has 1 saturated heterocycles. The van der Waals surface area contributed by atoms with Crippen molar-refractivity contribution in [3.63, 3.8) is 0 Å². The lowest BCUT2D eigenvalue weighted by molar-refractivity contribution is -0.214. The molecule has 2 aliphatic carbocycles. The van der Waals surface area contributed by atoms with Gasteiger partial charge in [0, 0.05) is 11.5 Å². The Morgan fingerprint density at radius 1 is 1.11 bits per heavy atom. The van der Waals surface area contributed by atoms with Crippen LogP contribution in [0.4, 0.5) is 0 Å². The van der Waals surface area contributed by atoms with Crippen LogP contribution in [0.25, 0.3) is 0 Å². The van der Waals surface area contributed by atoms with Gasteiger partial charge in [0.2, 0.25) is 0 Å². The van der Waals surface area contributed by atoms with Crippen LogP contribution in [0, 0.1) is 28.6 Å². The third kappa shape index (κ3) is 4.50. The molecule has 3 aliphatic rings. The molecule has 2 saturated carbocycles. The summed E-state index contributed by atoms with van der Waals surface area (Å²) in [5.74, 6) is -2.31. The van der Waals surface area contributed by atoms with Crippen LogP contribution in [0.2, 0.25) is 0 Å². The van der Waals surface area contributed by atoms with Gasteiger partial charge >= 0.3 is 11.9 Å². The van der Waals surface area contributed by atoms with Gasteiger partial charge in [-0.15, -0.1) is 0 Å². The predicted molar refractivity (Wildman–Crippen MR) is 131 cm³/mol. The summed E-state index contributed by atoms with van der Waals surface area (Å²) in [7, 11) is 1.37. The molecule has 3 fully saturated rings. The first kappa shape index (κ1) is 25.7. The zero-order valence-corrected chi connectivity index (χ0v) is 21.5. The van der Waals surface area contributed by atoms with E-state index in [2.05, 4.69) is 0 Å². The van der Waals surface area contributed by atoms with Gasteiger partial charge in [-0.3, -0.25) is 14.4 Å². The van der Waals surface area contributed by atoms with E-state index in [-0.39, 0.29) is 30.9 Å². The summed E-state index contributed by atoms with van der Waals surface area (Å²) in [6.45, 7) is 4.26. The molecular weight excluding hydrogens is 476 g/mol. The normalized spacial score (nSPS) is 35.3. The zero-order chi connectivity index (χ0) is 26.2. The molecule has 8 heteroatoms. The van der Waals surface area contributed by atoms with Crippen LogP contribution in [0.3, 0.4) is 0 Å². The molecule has 8 nitrogen and oxygen atoms in total. The Hall–Kier alpha value is -2.97. The van der Waals surface area contributed by atoms with Crippen molar-refractivity contribution < 1.29 is 37.7 Å². The van der Waals surface area contributed by atoms with E-state index in [4.69, 9.17) is 23.4 Å². The van der Waals surface area contributed by atoms with Crippen molar-refractivity contribution in [2.24, 2.45) is 28.6 Å². The van der Waals surface area contributed by atoms with Crippen LogP contribution in [0.15, 0.2) is 53.3 Å². The van der Waals surface area contributed by atoms with Gasteiger partial charge in [-0.2, -0.15) is 0 Å². The predicted octanol–water partition coefficient (Wildman–Crippen LogP) is 4.63. The summed E-state index contributed by atoms with van der Waals surface area (Å²) >= 11 is 0. The van der Waals surface area contributed by atoms with Crippen molar-refractivity contribution in [1.29, 1.82) is 0 Å². The minimum absolute atomic E-state index is 0.0809. The Bertz CT molecular complexity index is 1130. The van der Waals surface area contributed by atoms with Gasteiger partial charge in [-0.1, -0.05) is 44.2 Å². The summed E-state index contributed by atoms with van der Waals surface area (Å²) in [6.07, 6.45) is 3.54. The van der Waals surface area contributed by atoms with Crippen LogP contribution >= 0.6 is 0 Å². The Kier molecular flexibility index (Phi) is 6.98. The number of hydrogen-bond acceptors (Lipinski definition) is 8. The van der Waals surface area contributed by atoms with Crippen molar-refractivity contribution in [2.75, 3.05) is 13.9 Å². The second kappa shape index (κ2) is 10.1. The minimum atomic E-state index is -0.834. The number of fused-ring (bicyclic) bond motifs is 3. The van der Waals surface area contributed by atoms with Gasteiger partial charge in [0.1, 0.15) is 19.0 Å². The van der Waals surface area contributed by atoms with Gasteiger partial charge in [-0.05, 0) is 48.1 Å². The Balaban J connectivity index is 1.42. The fraction of sp³-hybridized carbons (Fsp3) is 0.552. The van der Waals surface area contributed by atoms with Gasteiger partial charge in [-0.25, -0.2) is 0 Å². The quantitative estimate of drug-likeness (QED) is 0.302. The number of carbonyl (C=O) groups excluding carboxylic acids is 3. The topological polar surface area (TPSA) is 101 Å². The number of benzene rings is 1. The number of hydrogen-bond donors (Lipinski definition) is 0. The fourth-order valence-corrected chi connectivity index (χ4v) is 7.17. The SMILES string of the molecule is COC(=O)[C@@H]1C[C@H](OCOCc2ccccc2)C(=O)[C@H]2[C@@]1(C)CC[C@H]1C(=O)O[C@H](c3ccoc3)C[C@]21C. The summed E-state index contributed by atoms with van der Waals surface area (Å²) in [5.41, 5.74) is 0.365. The van der Waals surface area contributed by atoms with E-state index in [1.165, 1.54) is 7.11 Å². The molecule has 198 valence electrons. The third-order valence-corrected chi connectivity index (χ3v) is 8.97. The van der Waals surface area contributed by atoms with Crippen LogP contribution in [-0.4, -0.2) is 37.7 Å². The summed E-state index contributed by atoms with van der Waals surface area (Å²) in [5, 5.41) is 0. The molecular formula is C29H34O8. The van der Waals surface area contributed by atoms with Crippen molar-refractivity contribution in [3.05, 3.63) is 60.1 Å². The lowest BCUT2D eigenvalue weighted by Crippen LogP contribution is -2.64. The number of esters is 2. The lowest BCUT2D eigenvalue weighted by Gasteiger charge is -2.61. The Labute approximate surface area is 216 Å². The van der Waals surface area contributed by atoms with Crippen LogP contribution in [0.1, 0.15) is 56.8 Å². The molecule has 7 atom stereocenters. The summed E-state index contributed by atoms with van der Waals surface area (Å²) in [6, 6.07) is 11.5. The molecule has 0 bridgehead atoms. The lowest BCUT2D eigenvalue weighted by atomic mass is 9.43. The molecule has 5 rings (SSSR count). The third-order valence-electron chi connectivity index (χ3n) is 8.97. The summed E-state index contributed by atoms with van der Waals surface area (Å²) < 4.78 is 27.9. The van der Waals surface area contributed by atoms with Gasteiger partial charge in [0.25, 0.3) is 0 Å². The van der Waals surface area contributed by atoms with Gasteiger partial charge in [0.15, 0.2) is 5.78 Å². The average Bonchev–Trinajstić information content (AvgIpc) is 3.42. The fourth-order valence-electron chi connectivity index (χ4n) is 7.17. The number of methoxy groups -OCH3 is 1. The highest BCUT2D eigenvalue weighted by Gasteiger charge is 2.67. The molecule has 1 aromatic heterocycles. The number of cyclic esters (lactones) is 1. The highest BCUT2D eigenvalue weighted by Crippen LogP contribution is 2.65. The molecule has 0 amide bonds. The minimum Gasteiger partial charge on any atom is -0.472 e. The molecule has 1 aliphatic heterocycles. The first-order valence-electron chi connectivity index (χ1n) is 12.9. The van der Waals surface area contributed by atoms with E-state index in [0.717, 1.165) is 11.1 Å². The maximum Gasteiger partial charge on any atom is 0.310 e. The van der Waals surface area contributed by atoms with E-state index in [0.29, 0.717) is 25.9 Å². The maximum atomic E-state index is 14.1. The Morgan fingerprint density at radius 3 is 2.59 bits per heavy atom. The first-order chi connectivity index (χ1) is 17.8. The number of ketones is 1. The smallest absolute Gasteiger partial charge is 0.310 e. The summed E-state index contributed by atoms with van der Waals surface area (Å²) in [4.78, 5) is 40.4. The molecule has 0 spiro atoms. The number of ether oxygens (including phenoxy) is 4. The second-order valence-electron chi connectivity index (χ2n) is 11.0. The van der Waals surface area contributed by atoms with Gasteiger partial charge in [0.05, 0.1) is 38.1 Å². The van der Waals surface area contributed by atoms with Crippen molar-refractivity contribution in [3.8, 4) is 0 Å². The maximum absolute atomic E-state index is 14.1. The largest absolute Gasteiger partial charge is 0.472 e. The highest BCUT2D eigenvalue weighted by atomic mass is 16.7. The van der Waals surface area contributed by atoms with Crippen LogP contribution < -0.4 is 0 Å². The average molecular weight is 511 g/mol. The zero-order valence-electron chi connectivity index (χ0n) is 21.5. The molecule has 2 heterocycles. The van der Waals surface area contributed by atoms with Crippen molar-refractivity contribution in [1.82, 2.24) is 0 Å². The Morgan fingerprint density at radius 2 is 1.89 bits per heavy atom. The molecule has 1 aromatic carbocycles. The van der Waals surface area contributed by atoms with Crippen molar-refractivity contribution in [2.45, 2.75) is 58.3 Å². The highest BCUT2D eigenvalue weighted by molar-refractivity contribution is 5.92. The number of carbonyl (C=O) groups is 3. The van der Waals surface area contributed by atoms with Crippen LogP contribution in [0.5, 0.6) is 0 Å². The number of rotatable bonds is 7. The number of Topliss-reactive ketones (excluding diaryl/α,β-unsaturated/α-hetero) is 1. The van der Waals surface area contributed by atoms with E-state index < -0.39 is 40.8 Å². The number of furan rings is 1. The van der Waals surface area contributed by atoms with Gasteiger partial charge < -0.3 is 23.4 Å². The monoisotopic (exact) mass is 510 g/mol. The standard InChI is InChI=1S/C29H34O8/c1-28-11-9-20-27(32)37-23(19-10-12-34-16-19)14-29(20,2)25(28)24(30)22(13-21(28)26(31)33-3)36-17-35-15-18-7-5-4-6-8-18/h4-8,10,12,16,20-23,25H,9,11,13-15,17H2,1-3H3/t20-,21-,22-,23-,25-,28-,29-/m0/s1. The van der Waals surface area contributed by atoms with Crippen molar-refractivity contribution >= 4 is 17.7 Å². The molecule has 0 unspecified atom stereocenters. The van der Waals surface area contributed by atoms with Crippen LogP contribution in [-0.2, 0) is 39.9 Å². The molecule has 0 N–H and O–H groups in total. The van der Waals surface area contributed by atoms with E-state index in [1.807, 2.05) is 44.2 Å². The van der Waals surface area contributed by atoms with E-state index in [9.17, 15) is 14.4 Å². The molecule has 37 heavy (non-hydrogen) atoms. The first-order valence-corrected chi connectivity index (χ1v) is 12.9. The van der Waals surface area contributed by atoms with E-state index in [1.54, 1.807) is 18.6 Å². The second-order valence-corrected chi connectivity index (χ2v) is 11.0. The van der Waals surface area contributed by atoms with E-state index >= 15 is 0 Å².